The molecule has 80 valence electrons. The SMILES string of the molecule is CCSC(C)(CC)CCC(C)CC. The van der Waals surface area contributed by atoms with Crippen LogP contribution in [0.3, 0.4) is 0 Å². The first-order chi connectivity index (χ1) is 6.08. The summed E-state index contributed by atoms with van der Waals surface area (Å²) in [5.41, 5.74) is 0. The van der Waals surface area contributed by atoms with Crippen LogP contribution in [0.1, 0.15) is 60.3 Å². The largest absolute Gasteiger partial charge is 0.156 e. The predicted octanol–water partition coefficient (Wildman–Crippen LogP) is 4.73. The molecule has 0 nitrogen and oxygen atoms in total. The van der Waals surface area contributed by atoms with Crippen molar-refractivity contribution in [2.75, 3.05) is 5.75 Å². The monoisotopic (exact) mass is 202 g/mol. The van der Waals surface area contributed by atoms with Crippen LogP contribution < -0.4 is 0 Å². The molecule has 0 radical (unpaired) electrons. The topological polar surface area (TPSA) is 0 Å². The van der Waals surface area contributed by atoms with Crippen LogP contribution in [0.5, 0.6) is 0 Å². The van der Waals surface area contributed by atoms with Gasteiger partial charge in [0.05, 0.1) is 0 Å². The van der Waals surface area contributed by atoms with E-state index < -0.39 is 0 Å². The molecule has 1 heteroatoms. The lowest BCUT2D eigenvalue weighted by Crippen LogP contribution is -2.20. The van der Waals surface area contributed by atoms with Gasteiger partial charge in [0.15, 0.2) is 0 Å². The maximum Gasteiger partial charge on any atom is 0.0129 e. The van der Waals surface area contributed by atoms with E-state index in [9.17, 15) is 0 Å². The van der Waals surface area contributed by atoms with Crippen molar-refractivity contribution in [3.05, 3.63) is 0 Å². The Kier molecular flexibility index (Phi) is 6.93. The van der Waals surface area contributed by atoms with E-state index in [2.05, 4.69) is 46.4 Å². The molecular formula is C12H26S. The average molecular weight is 202 g/mol. The minimum Gasteiger partial charge on any atom is -0.156 e. The molecule has 13 heavy (non-hydrogen) atoms. The summed E-state index contributed by atoms with van der Waals surface area (Å²) in [5, 5.41) is 0. The molecule has 0 fully saturated rings. The summed E-state index contributed by atoms with van der Waals surface area (Å²) in [7, 11) is 0. The van der Waals surface area contributed by atoms with Crippen LogP contribution in [0.2, 0.25) is 0 Å². The first-order valence-corrected chi connectivity index (χ1v) is 6.70. The molecule has 0 heterocycles. The zero-order chi connectivity index (χ0) is 10.3. The van der Waals surface area contributed by atoms with E-state index in [0.29, 0.717) is 4.75 Å². The van der Waals surface area contributed by atoms with Crippen molar-refractivity contribution in [3.63, 3.8) is 0 Å². The third kappa shape index (κ3) is 5.61. The Morgan fingerprint density at radius 3 is 2.23 bits per heavy atom. The first kappa shape index (κ1) is 13.4. The summed E-state index contributed by atoms with van der Waals surface area (Å²) in [4.78, 5) is 0. The average Bonchev–Trinajstić information content (AvgIpc) is 2.15. The molecule has 2 atom stereocenters. The molecule has 0 aromatic rings. The smallest absolute Gasteiger partial charge is 0.0129 e. The molecule has 0 saturated heterocycles. The normalized spacial score (nSPS) is 18.2. The van der Waals surface area contributed by atoms with Gasteiger partial charge in [-0.1, -0.05) is 41.0 Å². The Hall–Kier alpha value is 0.350. The second kappa shape index (κ2) is 6.75. The highest BCUT2D eigenvalue weighted by Crippen LogP contribution is 2.34. The maximum atomic E-state index is 2.42. The fraction of sp³-hybridized carbons (Fsp3) is 1.00. The van der Waals surface area contributed by atoms with Gasteiger partial charge in [-0.2, -0.15) is 11.8 Å². The van der Waals surface area contributed by atoms with Gasteiger partial charge in [-0.3, -0.25) is 0 Å². The third-order valence-corrected chi connectivity index (χ3v) is 4.58. The van der Waals surface area contributed by atoms with Gasteiger partial charge in [-0.25, -0.2) is 0 Å². The molecule has 0 amide bonds. The Bertz CT molecular complexity index is 122. The highest BCUT2D eigenvalue weighted by atomic mass is 32.2. The van der Waals surface area contributed by atoms with Gasteiger partial charge in [0.2, 0.25) is 0 Å². The van der Waals surface area contributed by atoms with Crippen LogP contribution in [0.25, 0.3) is 0 Å². The van der Waals surface area contributed by atoms with Crippen molar-refractivity contribution >= 4 is 11.8 Å². The van der Waals surface area contributed by atoms with Crippen LogP contribution >= 0.6 is 11.8 Å². The van der Waals surface area contributed by atoms with E-state index in [1.54, 1.807) is 0 Å². The molecule has 0 aromatic heterocycles. The van der Waals surface area contributed by atoms with Crippen molar-refractivity contribution in [1.29, 1.82) is 0 Å². The van der Waals surface area contributed by atoms with Crippen LogP contribution in [-0.4, -0.2) is 10.5 Å². The minimum absolute atomic E-state index is 0.540. The van der Waals surface area contributed by atoms with E-state index in [1.165, 1.54) is 31.4 Å². The van der Waals surface area contributed by atoms with Gasteiger partial charge in [0.1, 0.15) is 0 Å². The lowest BCUT2D eigenvalue weighted by Gasteiger charge is -2.28. The fourth-order valence-electron chi connectivity index (χ4n) is 1.46. The van der Waals surface area contributed by atoms with Gasteiger partial charge in [0.25, 0.3) is 0 Å². The van der Waals surface area contributed by atoms with Crippen molar-refractivity contribution in [1.82, 2.24) is 0 Å². The van der Waals surface area contributed by atoms with Crippen LogP contribution in [0.4, 0.5) is 0 Å². The highest BCUT2D eigenvalue weighted by molar-refractivity contribution is 8.00. The molecule has 0 aromatic carbocycles. The van der Waals surface area contributed by atoms with E-state index in [-0.39, 0.29) is 0 Å². The molecule has 0 aliphatic rings. The van der Waals surface area contributed by atoms with Gasteiger partial charge >= 0.3 is 0 Å². The second-order valence-corrected chi connectivity index (χ2v) is 6.14. The summed E-state index contributed by atoms with van der Waals surface area (Å²) >= 11 is 2.13. The maximum absolute atomic E-state index is 2.42. The highest BCUT2D eigenvalue weighted by Gasteiger charge is 2.21. The molecule has 0 aliphatic carbocycles. The molecule has 0 spiro atoms. The minimum atomic E-state index is 0.540. The number of hydrogen-bond donors (Lipinski definition) is 0. The number of thioether (sulfide) groups is 1. The Balaban J connectivity index is 3.82. The summed E-state index contributed by atoms with van der Waals surface area (Å²) in [6.07, 6.45) is 5.42. The molecule has 2 unspecified atom stereocenters. The van der Waals surface area contributed by atoms with Gasteiger partial charge in [-0.05, 0) is 30.9 Å². The van der Waals surface area contributed by atoms with Crippen molar-refractivity contribution in [2.24, 2.45) is 5.92 Å². The molecule has 0 aliphatic heterocycles. The number of hydrogen-bond acceptors (Lipinski definition) is 1. The van der Waals surface area contributed by atoms with E-state index in [4.69, 9.17) is 0 Å². The molecule has 0 bridgehead atoms. The predicted molar refractivity (Wildman–Crippen MR) is 65.5 cm³/mol. The summed E-state index contributed by atoms with van der Waals surface area (Å²) in [6.45, 7) is 11.7. The Morgan fingerprint density at radius 1 is 1.23 bits per heavy atom. The van der Waals surface area contributed by atoms with Gasteiger partial charge in [0, 0.05) is 4.75 Å². The quantitative estimate of drug-likeness (QED) is 0.575. The lowest BCUT2D eigenvalue weighted by molar-refractivity contribution is 0.441. The van der Waals surface area contributed by atoms with Gasteiger partial charge < -0.3 is 0 Å². The molecule has 0 saturated carbocycles. The summed E-state index contributed by atoms with van der Waals surface area (Å²) in [6, 6.07) is 0. The van der Waals surface area contributed by atoms with Crippen LogP contribution in [0, 0.1) is 5.92 Å². The summed E-state index contributed by atoms with van der Waals surface area (Å²) in [5.74, 6) is 2.16. The van der Waals surface area contributed by atoms with Gasteiger partial charge in [-0.15, -0.1) is 0 Å². The van der Waals surface area contributed by atoms with E-state index in [1.807, 2.05) is 0 Å². The fourth-order valence-corrected chi connectivity index (χ4v) is 2.62. The van der Waals surface area contributed by atoms with Crippen molar-refractivity contribution in [2.45, 2.75) is 65.0 Å². The van der Waals surface area contributed by atoms with Crippen LogP contribution in [0.15, 0.2) is 0 Å². The lowest BCUT2D eigenvalue weighted by atomic mass is 9.94. The third-order valence-electron chi connectivity index (χ3n) is 3.10. The Morgan fingerprint density at radius 2 is 1.85 bits per heavy atom. The number of rotatable bonds is 7. The van der Waals surface area contributed by atoms with Crippen molar-refractivity contribution in [3.8, 4) is 0 Å². The van der Waals surface area contributed by atoms with E-state index >= 15 is 0 Å². The zero-order valence-corrected chi connectivity index (χ0v) is 10.8. The molecule has 0 N–H and O–H groups in total. The first-order valence-electron chi connectivity index (χ1n) is 5.72. The van der Waals surface area contributed by atoms with Crippen molar-refractivity contribution < 1.29 is 0 Å². The Labute approximate surface area is 88.9 Å². The molecule has 0 rings (SSSR count). The standard InChI is InChI=1S/C12H26S/c1-6-11(4)9-10-12(5,7-2)13-8-3/h11H,6-10H2,1-5H3. The molecular weight excluding hydrogens is 176 g/mol. The zero-order valence-electron chi connectivity index (χ0n) is 10.0. The van der Waals surface area contributed by atoms with Crippen LogP contribution in [-0.2, 0) is 0 Å². The van der Waals surface area contributed by atoms with E-state index in [0.717, 1.165) is 5.92 Å². The summed E-state index contributed by atoms with van der Waals surface area (Å²) < 4.78 is 0.540. The second-order valence-electron chi connectivity index (χ2n) is 4.29.